The number of nitrogens with one attached hydrogen (secondary N) is 1. The molecule has 0 amide bonds. The van der Waals surface area contributed by atoms with Gasteiger partial charge in [-0.25, -0.2) is 8.78 Å². The molecule has 1 atom stereocenters. The van der Waals surface area contributed by atoms with Gasteiger partial charge in [0.15, 0.2) is 11.6 Å². The maximum atomic E-state index is 13.2. The number of benzene rings is 2. The third-order valence-corrected chi connectivity index (χ3v) is 3.78. The van der Waals surface area contributed by atoms with Crippen molar-refractivity contribution in [3.8, 4) is 0 Å². The molecule has 1 nitrogen and oxygen atoms in total. The second kappa shape index (κ2) is 6.33. The Balaban J connectivity index is 2.23. The summed E-state index contributed by atoms with van der Waals surface area (Å²) in [6, 6.07) is 9.82. The third kappa shape index (κ3) is 3.35. The molecule has 0 saturated carbocycles. The maximum Gasteiger partial charge on any atom is 0.159 e. The average molecular weight is 296 g/mol. The zero-order valence-electron chi connectivity index (χ0n) is 11.4. The highest BCUT2D eigenvalue weighted by Gasteiger charge is 2.12. The number of likely N-dealkylation sites (N-methyl/N-ethyl adjacent to an activating group) is 1. The summed E-state index contributed by atoms with van der Waals surface area (Å²) >= 11 is 6.02. The first-order chi connectivity index (χ1) is 9.51. The van der Waals surface area contributed by atoms with Crippen molar-refractivity contribution in [3.05, 3.63) is 69.7 Å². The number of hydrogen-bond acceptors (Lipinski definition) is 1. The topological polar surface area (TPSA) is 12.0 Å². The third-order valence-electron chi connectivity index (χ3n) is 3.36. The van der Waals surface area contributed by atoms with Crippen molar-refractivity contribution in [2.24, 2.45) is 0 Å². The molecular formula is C16H16ClF2N. The number of rotatable bonds is 4. The Morgan fingerprint density at radius 3 is 2.45 bits per heavy atom. The molecule has 0 aliphatic carbocycles. The molecule has 0 aliphatic heterocycles. The van der Waals surface area contributed by atoms with E-state index in [-0.39, 0.29) is 6.04 Å². The molecule has 0 bridgehead atoms. The van der Waals surface area contributed by atoms with Crippen molar-refractivity contribution in [3.63, 3.8) is 0 Å². The second-order valence-corrected chi connectivity index (χ2v) is 5.21. The molecule has 20 heavy (non-hydrogen) atoms. The predicted molar refractivity (Wildman–Crippen MR) is 78.1 cm³/mol. The smallest absolute Gasteiger partial charge is 0.159 e. The van der Waals surface area contributed by atoms with Crippen LogP contribution in [0.5, 0.6) is 0 Å². The summed E-state index contributed by atoms with van der Waals surface area (Å²) in [5.74, 6) is -1.64. The quantitative estimate of drug-likeness (QED) is 0.880. The fourth-order valence-electron chi connectivity index (χ4n) is 2.17. The first kappa shape index (κ1) is 14.9. The molecule has 2 aromatic rings. The average Bonchev–Trinajstić information content (AvgIpc) is 2.43. The molecule has 0 saturated heterocycles. The lowest BCUT2D eigenvalue weighted by Gasteiger charge is -2.18. The molecule has 1 unspecified atom stereocenters. The normalized spacial score (nSPS) is 12.4. The molecule has 0 radical (unpaired) electrons. The molecule has 106 valence electrons. The van der Waals surface area contributed by atoms with Gasteiger partial charge in [-0.1, -0.05) is 29.8 Å². The van der Waals surface area contributed by atoms with E-state index < -0.39 is 11.6 Å². The molecule has 0 spiro atoms. The van der Waals surface area contributed by atoms with E-state index >= 15 is 0 Å². The van der Waals surface area contributed by atoms with Crippen molar-refractivity contribution in [2.45, 2.75) is 19.4 Å². The van der Waals surface area contributed by atoms with Crippen LogP contribution in [0, 0.1) is 18.6 Å². The summed E-state index contributed by atoms with van der Waals surface area (Å²) in [7, 11) is 1.84. The molecule has 2 aromatic carbocycles. The molecule has 0 aliphatic rings. The van der Waals surface area contributed by atoms with Crippen molar-refractivity contribution < 1.29 is 8.78 Å². The van der Waals surface area contributed by atoms with Crippen LogP contribution >= 0.6 is 11.6 Å². The highest BCUT2D eigenvalue weighted by Crippen LogP contribution is 2.24. The fraction of sp³-hybridized carbons (Fsp3) is 0.250. The van der Waals surface area contributed by atoms with Crippen LogP contribution in [0.25, 0.3) is 0 Å². The molecule has 2 rings (SSSR count). The first-order valence-corrected chi connectivity index (χ1v) is 6.76. The van der Waals surface area contributed by atoms with E-state index in [4.69, 9.17) is 11.6 Å². The standard InChI is InChI=1S/C16H16ClF2N/c1-10-7-12(4-5-13(10)17)16(20-2)9-11-3-6-14(18)15(19)8-11/h3-8,16,20H,9H2,1-2H3. The van der Waals surface area contributed by atoms with Gasteiger partial charge in [0.1, 0.15) is 0 Å². The number of aryl methyl sites for hydroxylation is 1. The van der Waals surface area contributed by atoms with E-state index in [9.17, 15) is 8.78 Å². The minimum Gasteiger partial charge on any atom is -0.313 e. The van der Waals surface area contributed by atoms with Gasteiger partial charge in [-0.15, -0.1) is 0 Å². The SMILES string of the molecule is CNC(Cc1ccc(F)c(F)c1)c1ccc(Cl)c(C)c1. The van der Waals surface area contributed by atoms with Crippen LogP contribution in [0.1, 0.15) is 22.7 Å². The van der Waals surface area contributed by atoms with Gasteiger partial charge in [0, 0.05) is 11.1 Å². The van der Waals surface area contributed by atoms with Crippen molar-refractivity contribution in [2.75, 3.05) is 7.05 Å². The highest BCUT2D eigenvalue weighted by atomic mass is 35.5. The van der Waals surface area contributed by atoms with Gasteiger partial charge < -0.3 is 5.32 Å². The Bertz CT molecular complexity index is 613. The predicted octanol–water partition coefficient (Wildman–Crippen LogP) is 4.43. The zero-order valence-corrected chi connectivity index (χ0v) is 12.1. The largest absolute Gasteiger partial charge is 0.313 e. The summed E-state index contributed by atoms with van der Waals surface area (Å²) in [5, 5.41) is 3.91. The summed E-state index contributed by atoms with van der Waals surface area (Å²) in [4.78, 5) is 0. The Kier molecular flexibility index (Phi) is 4.73. The Hall–Kier alpha value is -1.45. The lowest BCUT2D eigenvalue weighted by atomic mass is 9.97. The maximum absolute atomic E-state index is 13.2. The van der Waals surface area contributed by atoms with Gasteiger partial charge in [0.25, 0.3) is 0 Å². The van der Waals surface area contributed by atoms with Crippen LogP contribution in [-0.2, 0) is 6.42 Å². The van der Waals surface area contributed by atoms with Gasteiger partial charge in [0.05, 0.1) is 0 Å². The van der Waals surface area contributed by atoms with E-state index in [1.165, 1.54) is 6.07 Å². The number of hydrogen-bond donors (Lipinski definition) is 1. The van der Waals surface area contributed by atoms with Crippen LogP contribution in [0.4, 0.5) is 8.78 Å². The van der Waals surface area contributed by atoms with Gasteiger partial charge in [-0.2, -0.15) is 0 Å². The number of halogens is 3. The molecule has 4 heteroatoms. The second-order valence-electron chi connectivity index (χ2n) is 4.80. The monoisotopic (exact) mass is 295 g/mol. The van der Waals surface area contributed by atoms with Gasteiger partial charge in [-0.05, 0) is 55.3 Å². The van der Waals surface area contributed by atoms with Crippen molar-refractivity contribution in [1.82, 2.24) is 5.32 Å². The summed E-state index contributed by atoms with van der Waals surface area (Å²) in [5.41, 5.74) is 2.81. The van der Waals surface area contributed by atoms with Crippen LogP contribution in [0.15, 0.2) is 36.4 Å². The van der Waals surface area contributed by atoms with Crippen LogP contribution in [0.2, 0.25) is 5.02 Å². The van der Waals surface area contributed by atoms with Gasteiger partial charge >= 0.3 is 0 Å². The molecular weight excluding hydrogens is 280 g/mol. The Morgan fingerprint density at radius 1 is 1.10 bits per heavy atom. The van der Waals surface area contributed by atoms with E-state index in [1.54, 1.807) is 6.07 Å². The van der Waals surface area contributed by atoms with Gasteiger partial charge in [0.2, 0.25) is 0 Å². The Labute approximate surface area is 122 Å². The minimum absolute atomic E-state index is 0.0239. The van der Waals surface area contributed by atoms with Crippen molar-refractivity contribution in [1.29, 1.82) is 0 Å². The zero-order chi connectivity index (χ0) is 14.7. The lowest BCUT2D eigenvalue weighted by Crippen LogP contribution is -2.19. The van der Waals surface area contributed by atoms with E-state index in [0.717, 1.165) is 27.8 Å². The van der Waals surface area contributed by atoms with E-state index in [2.05, 4.69) is 5.32 Å². The lowest BCUT2D eigenvalue weighted by molar-refractivity contribution is 0.504. The van der Waals surface area contributed by atoms with Gasteiger partial charge in [-0.3, -0.25) is 0 Å². The molecule has 0 heterocycles. The van der Waals surface area contributed by atoms with E-state index in [1.807, 2.05) is 32.2 Å². The van der Waals surface area contributed by atoms with Crippen molar-refractivity contribution >= 4 is 11.6 Å². The molecule has 0 aromatic heterocycles. The summed E-state index contributed by atoms with van der Waals surface area (Å²) in [6.45, 7) is 1.94. The summed E-state index contributed by atoms with van der Waals surface area (Å²) in [6.07, 6.45) is 0.578. The fourth-order valence-corrected chi connectivity index (χ4v) is 2.29. The highest BCUT2D eigenvalue weighted by molar-refractivity contribution is 6.31. The molecule has 0 fully saturated rings. The molecule has 1 N–H and O–H groups in total. The minimum atomic E-state index is -0.822. The summed E-state index contributed by atoms with van der Waals surface area (Å²) < 4.78 is 26.2. The first-order valence-electron chi connectivity index (χ1n) is 6.38. The van der Waals surface area contributed by atoms with E-state index in [0.29, 0.717) is 6.42 Å². The van der Waals surface area contributed by atoms with Crippen LogP contribution < -0.4 is 5.32 Å². The van der Waals surface area contributed by atoms with Crippen LogP contribution in [-0.4, -0.2) is 7.05 Å². The van der Waals surface area contributed by atoms with Crippen LogP contribution in [0.3, 0.4) is 0 Å². The Morgan fingerprint density at radius 2 is 1.85 bits per heavy atom.